The molecule has 3 unspecified atom stereocenters. The van der Waals surface area contributed by atoms with Crippen molar-refractivity contribution in [3.05, 3.63) is 11.1 Å². The van der Waals surface area contributed by atoms with Gasteiger partial charge in [0.25, 0.3) is 0 Å². The van der Waals surface area contributed by atoms with E-state index in [1.54, 1.807) is 0 Å². The lowest BCUT2D eigenvalue weighted by molar-refractivity contribution is 0.327. The maximum absolute atomic E-state index is 5.19. The summed E-state index contributed by atoms with van der Waals surface area (Å²) in [5, 5.41) is 6.81. The zero-order valence-corrected chi connectivity index (χ0v) is 9.55. The number of rotatable bonds is 2. The molecule has 1 fully saturated rings. The molecular weight excluding hydrogens is 194 g/mol. The van der Waals surface area contributed by atoms with E-state index in [2.05, 4.69) is 28.6 Å². The second-order valence-corrected chi connectivity index (χ2v) is 4.63. The predicted molar refractivity (Wildman–Crippen MR) is 58.6 cm³/mol. The number of nitrogens with one attached hydrogen (secondary N) is 1. The van der Waals surface area contributed by atoms with Crippen LogP contribution >= 0.6 is 12.2 Å². The molecule has 1 aliphatic rings. The minimum absolute atomic E-state index is 0.561. The van der Waals surface area contributed by atoms with Crippen LogP contribution in [0.4, 0.5) is 0 Å². The lowest BCUT2D eigenvalue weighted by Gasteiger charge is -2.20. The molecule has 4 heteroatoms. The van der Waals surface area contributed by atoms with Gasteiger partial charge in [-0.3, -0.25) is 5.10 Å². The average molecular weight is 211 g/mol. The highest BCUT2D eigenvalue weighted by Gasteiger charge is 2.32. The summed E-state index contributed by atoms with van der Waals surface area (Å²) in [4.78, 5) is 0. The van der Waals surface area contributed by atoms with Crippen LogP contribution in [0.5, 0.6) is 0 Å². The second kappa shape index (κ2) is 3.85. The van der Waals surface area contributed by atoms with Crippen LogP contribution in [-0.2, 0) is 0 Å². The molecule has 0 aliphatic heterocycles. The third-order valence-corrected chi connectivity index (χ3v) is 3.94. The van der Waals surface area contributed by atoms with Gasteiger partial charge in [-0.15, -0.1) is 0 Å². The Hall–Kier alpha value is -0.640. The summed E-state index contributed by atoms with van der Waals surface area (Å²) in [6, 6.07) is 0.561. The topological polar surface area (TPSA) is 33.6 Å². The van der Waals surface area contributed by atoms with Crippen molar-refractivity contribution in [2.45, 2.75) is 39.2 Å². The van der Waals surface area contributed by atoms with Gasteiger partial charge in [0.05, 0.1) is 0 Å². The van der Waals surface area contributed by atoms with Gasteiger partial charge in [0.2, 0.25) is 0 Å². The molecule has 0 amide bonds. The summed E-state index contributed by atoms with van der Waals surface area (Å²) in [6.07, 6.45) is 5.69. The quantitative estimate of drug-likeness (QED) is 0.763. The highest BCUT2D eigenvalue weighted by molar-refractivity contribution is 7.71. The number of hydrogen-bond donors (Lipinski definition) is 1. The number of aromatic amines is 1. The lowest BCUT2D eigenvalue weighted by atomic mass is 9.93. The van der Waals surface area contributed by atoms with Crippen LogP contribution < -0.4 is 0 Å². The first-order valence-corrected chi connectivity index (χ1v) is 5.76. The molecule has 1 aliphatic carbocycles. The Bertz CT molecular complexity index is 354. The fraction of sp³-hybridized carbons (Fsp3) is 0.800. The molecule has 3 atom stereocenters. The molecule has 0 spiro atoms. The Kier molecular flexibility index (Phi) is 2.72. The number of H-pyrrole nitrogens is 1. The third-order valence-electron chi connectivity index (χ3n) is 3.64. The number of nitrogens with zero attached hydrogens (tertiary/aromatic N) is 2. The van der Waals surface area contributed by atoms with Crippen LogP contribution in [-0.4, -0.2) is 14.8 Å². The molecule has 0 saturated heterocycles. The van der Waals surface area contributed by atoms with Crippen molar-refractivity contribution < 1.29 is 0 Å². The van der Waals surface area contributed by atoms with Crippen molar-refractivity contribution >= 4 is 12.2 Å². The van der Waals surface area contributed by atoms with E-state index in [1.165, 1.54) is 19.3 Å². The van der Waals surface area contributed by atoms with Gasteiger partial charge >= 0.3 is 0 Å². The third kappa shape index (κ3) is 1.52. The summed E-state index contributed by atoms with van der Waals surface area (Å²) in [7, 11) is 0. The van der Waals surface area contributed by atoms with E-state index in [0.717, 1.165) is 16.6 Å². The lowest BCUT2D eigenvalue weighted by Crippen LogP contribution is -2.15. The molecule has 1 aromatic heterocycles. The van der Waals surface area contributed by atoms with Gasteiger partial charge < -0.3 is 4.57 Å². The van der Waals surface area contributed by atoms with Crippen LogP contribution in [0.15, 0.2) is 6.33 Å². The molecular formula is C10H17N3S. The molecule has 1 saturated carbocycles. The normalized spacial score (nSPS) is 32.3. The van der Waals surface area contributed by atoms with Crippen molar-refractivity contribution in [2.75, 3.05) is 0 Å². The molecule has 1 heterocycles. The van der Waals surface area contributed by atoms with Crippen molar-refractivity contribution in [3.8, 4) is 0 Å². The van der Waals surface area contributed by atoms with Crippen LogP contribution in [0, 0.1) is 16.6 Å². The Morgan fingerprint density at radius 2 is 2.43 bits per heavy atom. The zero-order valence-electron chi connectivity index (χ0n) is 8.73. The Morgan fingerprint density at radius 1 is 1.64 bits per heavy atom. The zero-order chi connectivity index (χ0) is 10.1. The van der Waals surface area contributed by atoms with Crippen molar-refractivity contribution in [2.24, 2.45) is 11.8 Å². The van der Waals surface area contributed by atoms with Gasteiger partial charge in [-0.2, -0.15) is 5.10 Å². The van der Waals surface area contributed by atoms with E-state index < -0.39 is 0 Å². The summed E-state index contributed by atoms with van der Waals surface area (Å²) >= 11 is 5.19. The average Bonchev–Trinajstić information content (AvgIpc) is 2.72. The van der Waals surface area contributed by atoms with Crippen LogP contribution in [0.1, 0.15) is 39.2 Å². The molecule has 0 aromatic carbocycles. The van der Waals surface area contributed by atoms with Crippen LogP contribution in [0.25, 0.3) is 0 Å². The molecule has 1 aromatic rings. The first-order valence-electron chi connectivity index (χ1n) is 5.35. The molecule has 3 nitrogen and oxygen atoms in total. The van der Waals surface area contributed by atoms with Crippen molar-refractivity contribution in [1.82, 2.24) is 14.8 Å². The maximum atomic E-state index is 5.19. The Morgan fingerprint density at radius 3 is 2.93 bits per heavy atom. The van der Waals surface area contributed by atoms with Crippen LogP contribution in [0.3, 0.4) is 0 Å². The summed E-state index contributed by atoms with van der Waals surface area (Å²) < 4.78 is 2.88. The van der Waals surface area contributed by atoms with E-state index >= 15 is 0 Å². The Labute approximate surface area is 89.5 Å². The smallest absolute Gasteiger partial charge is 0.195 e. The van der Waals surface area contributed by atoms with E-state index in [1.807, 2.05) is 6.33 Å². The van der Waals surface area contributed by atoms with Gasteiger partial charge in [-0.1, -0.05) is 20.3 Å². The minimum Gasteiger partial charge on any atom is -0.303 e. The van der Waals surface area contributed by atoms with E-state index in [4.69, 9.17) is 12.2 Å². The SMILES string of the molecule is CCC1CCC(n2cn[nH]c2=S)C1C. The molecule has 14 heavy (non-hydrogen) atoms. The summed E-state index contributed by atoms with van der Waals surface area (Å²) in [5.74, 6) is 1.58. The van der Waals surface area contributed by atoms with Gasteiger partial charge in [0.15, 0.2) is 4.77 Å². The van der Waals surface area contributed by atoms with E-state index in [9.17, 15) is 0 Å². The largest absolute Gasteiger partial charge is 0.303 e. The van der Waals surface area contributed by atoms with Gasteiger partial charge in [0, 0.05) is 6.04 Å². The number of hydrogen-bond acceptors (Lipinski definition) is 2. The maximum Gasteiger partial charge on any atom is 0.195 e. The van der Waals surface area contributed by atoms with Gasteiger partial charge in [-0.05, 0) is 36.9 Å². The monoisotopic (exact) mass is 211 g/mol. The van der Waals surface area contributed by atoms with Gasteiger partial charge in [0.1, 0.15) is 6.33 Å². The molecule has 78 valence electrons. The highest BCUT2D eigenvalue weighted by atomic mass is 32.1. The summed E-state index contributed by atoms with van der Waals surface area (Å²) in [5.41, 5.74) is 0. The fourth-order valence-electron chi connectivity index (χ4n) is 2.69. The molecule has 0 bridgehead atoms. The fourth-order valence-corrected chi connectivity index (χ4v) is 2.92. The molecule has 2 rings (SSSR count). The van der Waals surface area contributed by atoms with Crippen LogP contribution in [0.2, 0.25) is 0 Å². The Balaban J connectivity index is 2.22. The predicted octanol–water partition coefficient (Wildman–Crippen LogP) is 2.94. The van der Waals surface area contributed by atoms with Gasteiger partial charge in [-0.25, -0.2) is 0 Å². The van der Waals surface area contributed by atoms with Crippen molar-refractivity contribution in [1.29, 1.82) is 0 Å². The second-order valence-electron chi connectivity index (χ2n) is 4.24. The first kappa shape index (κ1) is 9.90. The molecule has 1 N–H and O–H groups in total. The van der Waals surface area contributed by atoms with E-state index in [-0.39, 0.29) is 0 Å². The summed E-state index contributed by atoms with van der Waals surface area (Å²) in [6.45, 7) is 4.61. The highest BCUT2D eigenvalue weighted by Crippen LogP contribution is 2.41. The van der Waals surface area contributed by atoms with Crippen molar-refractivity contribution in [3.63, 3.8) is 0 Å². The van der Waals surface area contributed by atoms with E-state index in [0.29, 0.717) is 6.04 Å². The minimum atomic E-state index is 0.561. The number of aromatic nitrogens is 3. The standard InChI is InChI=1S/C10H17N3S/c1-3-8-4-5-9(7(8)2)13-6-11-12-10(13)14/h6-9H,3-5H2,1-2H3,(H,12,14). The molecule has 0 radical (unpaired) electrons. The first-order chi connectivity index (χ1) is 6.74.